The van der Waals surface area contributed by atoms with Crippen LogP contribution in [-0.4, -0.2) is 66.6 Å². The number of carboxylic acids is 5. The van der Waals surface area contributed by atoms with Gasteiger partial charge in [0.25, 0.3) is 0 Å². The Hall–Kier alpha value is -2.69. The number of aliphatic hydroxyl groups excluding tert-OH is 1. The number of hydrogen-bond acceptors (Lipinski definition) is 6. The third-order valence-corrected chi connectivity index (χ3v) is 1.90. The summed E-state index contributed by atoms with van der Waals surface area (Å²) in [5.74, 6) is -8.70. The first-order valence-corrected chi connectivity index (χ1v) is 5.29. The summed E-state index contributed by atoms with van der Waals surface area (Å²) in [6.45, 7) is 0. The minimum Gasteiger partial charge on any atom is -0.481 e. The van der Waals surface area contributed by atoms with Crippen molar-refractivity contribution in [2.75, 3.05) is 0 Å². The van der Waals surface area contributed by atoms with Crippen LogP contribution in [0.15, 0.2) is 0 Å². The van der Waals surface area contributed by atoms with Crippen LogP contribution in [0.1, 0.15) is 19.3 Å². The predicted molar refractivity (Wildman–Crippen MR) is 61.5 cm³/mol. The SMILES string of the molecule is O=C(O)CC(O)C(=O)O.O=C(O)CCC(C(=O)O)C(=O)O. The smallest absolute Gasteiger partial charge is 0.333 e. The molecule has 0 fully saturated rings. The molecule has 0 aromatic rings. The quantitative estimate of drug-likeness (QED) is 0.285. The minimum absolute atomic E-state index is 0.389. The lowest BCUT2D eigenvalue weighted by atomic mass is 10.0. The Labute approximate surface area is 117 Å². The Morgan fingerprint density at radius 1 is 0.714 bits per heavy atom. The van der Waals surface area contributed by atoms with Gasteiger partial charge < -0.3 is 30.6 Å². The topological polar surface area (TPSA) is 207 Å². The Bertz CT molecular complexity index is 399. The molecular formula is C10H14O11. The Kier molecular flexibility index (Phi) is 9.96. The van der Waals surface area contributed by atoms with Gasteiger partial charge in [-0.3, -0.25) is 19.2 Å². The molecule has 0 aliphatic rings. The van der Waals surface area contributed by atoms with Crippen molar-refractivity contribution >= 4 is 29.8 Å². The van der Waals surface area contributed by atoms with Crippen molar-refractivity contribution in [2.24, 2.45) is 5.92 Å². The second-order valence-electron chi connectivity index (χ2n) is 3.61. The van der Waals surface area contributed by atoms with Gasteiger partial charge in [-0.15, -0.1) is 0 Å². The van der Waals surface area contributed by atoms with Gasteiger partial charge in [-0.2, -0.15) is 0 Å². The molecule has 1 unspecified atom stereocenters. The van der Waals surface area contributed by atoms with Crippen molar-refractivity contribution in [1.29, 1.82) is 0 Å². The standard InChI is InChI=1S/C6H8O6.C4H6O5/c7-4(8)2-1-3(5(9)10)6(11)12;5-2(4(8)9)1-3(6)7/h3H,1-2H2,(H,7,8)(H,9,10)(H,11,12);2,5H,1H2,(H,6,7)(H,8,9). The van der Waals surface area contributed by atoms with Gasteiger partial charge in [0.1, 0.15) is 0 Å². The van der Waals surface area contributed by atoms with Crippen LogP contribution < -0.4 is 0 Å². The molecular weight excluding hydrogens is 296 g/mol. The zero-order valence-electron chi connectivity index (χ0n) is 10.5. The van der Waals surface area contributed by atoms with Crippen LogP contribution in [0, 0.1) is 5.92 Å². The molecule has 21 heavy (non-hydrogen) atoms. The highest BCUT2D eigenvalue weighted by Gasteiger charge is 2.25. The summed E-state index contributed by atoms with van der Waals surface area (Å²) < 4.78 is 0. The number of aliphatic hydroxyl groups is 1. The largest absolute Gasteiger partial charge is 0.481 e. The lowest BCUT2D eigenvalue weighted by Crippen LogP contribution is -2.24. The second-order valence-corrected chi connectivity index (χ2v) is 3.61. The third kappa shape index (κ3) is 12.1. The van der Waals surface area contributed by atoms with E-state index in [1.54, 1.807) is 0 Å². The van der Waals surface area contributed by atoms with Crippen molar-refractivity contribution in [2.45, 2.75) is 25.4 Å². The van der Waals surface area contributed by atoms with Crippen molar-refractivity contribution < 1.29 is 54.6 Å². The number of aliphatic carboxylic acids is 5. The second kappa shape index (κ2) is 10.1. The maximum atomic E-state index is 10.2. The monoisotopic (exact) mass is 310 g/mol. The fraction of sp³-hybridized carbons (Fsp3) is 0.500. The Morgan fingerprint density at radius 3 is 1.33 bits per heavy atom. The third-order valence-electron chi connectivity index (χ3n) is 1.90. The van der Waals surface area contributed by atoms with E-state index in [0.717, 1.165) is 0 Å². The molecule has 11 heteroatoms. The molecule has 0 saturated heterocycles. The van der Waals surface area contributed by atoms with E-state index in [1.165, 1.54) is 0 Å². The van der Waals surface area contributed by atoms with Crippen LogP contribution in [-0.2, 0) is 24.0 Å². The molecule has 0 aliphatic heterocycles. The molecule has 1 atom stereocenters. The van der Waals surface area contributed by atoms with Crippen LogP contribution in [0.3, 0.4) is 0 Å². The van der Waals surface area contributed by atoms with Gasteiger partial charge >= 0.3 is 29.8 Å². The van der Waals surface area contributed by atoms with Gasteiger partial charge in [-0.1, -0.05) is 0 Å². The van der Waals surface area contributed by atoms with E-state index in [2.05, 4.69) is 0 Å². The molecule has 0 aromatic heterocycles. The van der Waals surface area contributed by atoms with Crippen LogP contribution in [0.5, 0.6) is 0 Å². The van der Waals surface area contributed by atoms with E-state index in [9.17, 15) is 24.0 Å². The van der Waals surface area contributed by atoms with Crippen molar-refractivity contribution in [3.63, 3.8) is 0 Å². The lowest BCUT2D eigenvalue weighted by molar-refractivity contribution is -0.155. The van der Waals surface area contributed by atoms with Crippen LogP contribution in [0.4, 0.5) is 0 Å². The molecule has 6 N–H and O–H groups in total. The average molecular weight is 310 g/mol. The Balaban J connectivity index is 0. The minimum atomic E-state index is -1.79. The highest BCUT2D eigenvalue weighted by Crippen LogP contribution is 2.06. The normalized spacial score (nSPS) is 11.0. The number of rotatable bonds is 8. The first-order chi connectivity index (χ1) is 9.48. The van der Waals surface area contributed by atoms with Crippen molar-refractivity contribution in [3.8, 4) is 0 Å². The summed E-state index contributed by atoms with van der Waals surface area (Å²) in [6.07, 6.45) is -3.39. The molecule has 0 amide bonds. The molecule has 0 spiro atoms. The van der Waals surface area contributed by atoms with E-state index in [1.807, 2.05) is 0 Å². The molecule has 0 aromatic carbocycles. The highest BCUT2D eigenvalue weighted by atomic mass is 16.4. The van der Waals surface area contributed by atoms with Gasteiger partial charge in [0.15, 0.2) is 12.0 Å². The first-order valence-electron chi connectivity index (χ1n) is 5.29. The van der Waals surface area contributed by atoms with E-state index >= 15 is 0 Å². The average Bonchev–Trinajstić information content (AvgIpc) is 2.27. The molecule has 0 saturated carbocycles. The van der Waals surface area contributed by atoms with E-state index < -0.39 is 54.7 Å². The van der Waals surface area contributed by atoms with Gasteiger partial charge in [0.2, 0.25) is 0 Å². The maximum absolute atomic E-state index is 10.2. The zero-order valence-corrected chi connectivity index (χ0v) is 10.5. The fourth-order valence-corrected chi connectivity index (χ4v) is 0.873. The highest BCUT2D eigenvalue weighted by molar-refractivity contribution is 5.93. The molecule has 0 aliphatic carbocycles. The van der Waals surface area contributed by atoms with Crippen LogP contribution in [0.25, 0.3) is 0 Å². The summed E-state index contributed by atoms with van der Waals surface area (Å²) >= 11 is 0. The maximum Gasteiger partial charge on any atom is 0.333 e. The van der Waals surface area contributed by atoms with Gasteiger partial charge in [-0.25, -0.2) is 4.79 Å². The summed E-state index contributed by atoms with van der Waals surface area (Å²) in [6, 6.07) is 0. The van der Waals surface area contributed by atoms with Crippen LogP contribution >= 0.6 is 0 Å². The Morgan fingerprint density at radius 2 is 1.14 bits per heavy atom. The first kappa shape index (κ1) is 20.6. The van der Waals surface area contributed by atoms with Gasteiger partial charge in [0.05, 0.1) is 6.42 Å². The van der Waals surface area contributed by atoms with Crippen LogP contribution in [0.2, 0.25) is 0 Å². The molecule has 0 rings (SSSR count). The summed E-state index contributed by atoms with van der Waals surface area (Å²) in [5.41, 5.74) is 0. The summed E-state index contributed by atoms with van der Waals surface area (Å²) in [5, 5.41) is 48.8. The fourth-order valence-electron chi connectivity index (χ4n) is 0.873. The zero-order chi connectivity index (χ0) is 17.2. The van der Waals surface area contributed by atoms with Crippen molar-refractivity contribution in [3.05, 3.63) is 0 Å². The number of carbonyl (C=O) groups is 5. The number of hydrogen-bond donors (Lipinski definition) is 6. The molecule has 120 valence electrons. The summed E-state index contributed by atoms with van der Waals surface area (Å²) in [7, 11) is 0. The van der Waals surface area contributed by atoms with Gasteiger partial charge in [0, 0.05) is 6.42 Å². The van der Waals surface area contributed by atoms with E-state index in [0.29, 0.717) is 0 Å². The van der Waals surface area contributed by atoms with E-state index in [-0.39, 0.29) is 6.42 Å². The van der Waals surface area contributed by atoms with E-state index in [4.69, 9.17) is 30.6 Å². The molecule has 11 nitrogen and oxygen atoms in total. The molecule has 0 heterocycles. The summed E-state index contributed by atoms with van der Waals surface area (Å²) in [4.78, 5) is 49.7. The van der Waals surface area contributed by atoms with Crippen molar-refractivity contribution in [1.82, 2.24) is 0 Å². The molecule has 0 bridgehead atoms. The van der Waals surface area contributed by atoms with Gasteiger partial charge in [-0.05, 0) is 6.42 Å². The lowest BCUT2D eigenvalue weighted by Gasteiger charge is -2.03. The predicted octanol–water partition coefficient (Wildman–Crippen LogP) is -1.46. The number of carboxylic acid groups (broad SMARTS) is 5. The molecule has 0 radical (unpaired) electrons.